The first-order valence-electron chi connectivity index (χ1n) is 12.8. The fraction of sp³-hybridized carbons (Fsp3) is 0.577. The molecular weight excluding hydrogens is 544 g/mol. The topological polar surface area (TPSA) is 163 Å². The highest BCUT2D eigenvalue weighted by Gasteiger charge is 2.50. The van der Waals surface area contributed by atoms with Gasteiger partial charge >= 0.3 is 17.9 Å². The minimum Gasteiger partial charge on any atom is -0.463 e. The Bertz CT molecular complexity index is 1170. The number of rotatable bonds is 9. The quantitative estimate of drug-likeness (QED) is 0.333. The Kier molecular flexibility index (Phi) is 10.1. The molecule has 1 aromatic carbocycles. The van der Waals surface area contributed by atoms with Crippen molar-refractivity contribution in [3.8, 4) is 11.3 Å². The van der Waals surface area contributed by atoms with Crippen LogP contribution < -0.4 is 5.73 Å². The highest BCUT2D eigenvalue weighted by Crippen LogP contribution is 2.39. The van der Waals surface area contributed by atoms with Gasteiger partial charge in [0.25, 0.3) is 0 Å². The zero-order valence-corrected chi connectivity index (χ0v) is 23.5. The Hall–Kier alpha value is -3.04. The second kappa shape index (κ2) is 13.5. The maximum absolute atomic E-state index is 12.2. The summed E-state index contributed by atoms with van der Waals surface area (Å²) in [5, 5.41) is 8.18. The summed E-state index contributed by atoms with van der Waals surface area (Å²) in [6.07, 6.45) is -1.33. The molecular formula is C26H34N4O9S. The Morgan fingerprint density at radius 3 is 2.38 bits per heavy atom. The van der Waals surface area contributed by atoms with E-state index in [1.165, 1.54) is 39.6 Å². The summed E-state index contributed by atoms with van der Waals surface area (Å²) in [7, 11) is 1.48. The van der Waals surface area contributed by atoms with Crippen LogP contribution in [-0.4, -0.2) is 101 Å². The summed E-state index contributed by atoms with van der Waals surface area (Å²) >= 11 is 1.32. The molecule has 2 aliphatic rings. The van der Waals surface area contributed by atoms with Gasteiger partial charge in [0.1, 0.15) is 48.2 Å². The number of carbonyl (C=O) groups excluding carboxylic acids is 3. The molecule has 0 saturated carbocycles. The number of ether oxygens (including phenoxy) is 6. The van der Waals surface area contributed by atoms with Crippen LogP contribution in [0.3, 0.4) is 0 Å². The maximum atomic E-state index is 12.2. The van der Waals surface area contributed by atoms with Crippen LogP contribution in [0.1, 0.15) is 26.8 Å². The maximum Gasteiger partial charge on any atom is 0.303 e. The molecule has 0 bridgehead atoms. The number of methoxy groups -OCH3 is 1. The number of hydrogen-bond donors (Lipinski definition) is 1. The average molecular weight is 579 g/mol. The molecule has 8 atom stereocenters. The van der Waals surface area contributed by atoms with Crippen LogP contribution in [0, 0.1) is 0 Å². The molecule has 0 aliphatic carbocycles. The second-order valence-electron chi connectivity index (χ2n) is 9.50. The van der Waals surface area contributed by atoms with Gasteiger partial charge in [-0.25, -0.2) is 4.68 Å². The van der Waals surface area contributed by atoms with E-state index in [0.717, 1.165) is 5.56 Å². The van der Waals surface area contributed by atoms with Gasteiger partial charge in [-0.1, -0.05) is 35.5 Å². The lowest BCUT2D eigenvalue weighted by Crippen LogP contribution is -2.63. The van der Waals surface area contributed by atoms with E-state index < -0.39 is 65.1 Å². The van der Waals surface area contributed by atoms with E-state index in [-0.39, 0.29) is 19.8 Å². The summed E-state index contributed by atoms with van der Waals surface area (Å²) < 4.78 is 35.9. The third-order valence-electron chi connectivity index (χ3n) is 6.57. The summed E-state index contributed by atoms with van der Waals surface area (Å²) in [5.41, 5.74) is 7.36. The molecule has 2 aromatic rings. The Balaban J connectivity index is 1.57. The van der Waals surface area contributed by atoms with Gasteiger partial charge in [-0.15, -0.1) is 16.9 Å². The van der Waals surface area contributed by atoms with Crippen LogP contribution in [-0.2, 0) is 42.8 Å². The largest absolute Gasteiger partial charge is 0.463 e. The number of esters is 3. The molecule has 0 amide bonds. The monoisotopic (exact) mass is 578 g/mol. The summed E-state index contributed by atoms with van der Waals surface area (Å²) in [6.45, 7) is 4.18. The van der Waals surface area contributed by atoms with Gasteiger partial charge in [-0.05, 0) is 0 Å². The summed E-state index contributed by atoms with van der Waals surface area (Å²) in [4.78, 5) is 35.5. The van der Waals surface area contributed by atoms with E-state index in [1.807, 2.05) is 30.3 Å². The van der Waals surface area contributed by atoms with Gasteiger partial charge in [-0.2, -0.15) is 0 Å². The van der Waals surface area contributed by atoms with Crippen LogP contribution >= 0.6 is 11.8 Å². The fourth-order valence-electron chi connectivity index (χ4n) is 4.79. The van der Waals surface area contributed by atoms with E-state index in [1.54, 1.807) is 10.9 Å². The molecule has 2 fully saturated rings. The van der Waals surface area contributed by atoms with Gasteiger partial charge in [0.2, 0.25) is 0 Å². The third kappa shape index (κ3) is 7.18. The first-order valence-corrected chi connectivity index (χ1v) is 13.7. The Morgan fingerprint density at radius 1 is 1.02 bits per heavy atom. The first-order chi connectivity index (χ1) is 19.2. The lowest BCUT2D eigenvalue weighted by atomic mass is 9.97. The Labute approximate surface area is 235 Å². The molecule has 5 unspecified atom stereocenters. The van der Waals surface area contributed by atoms with E-state index in [0.29, 0.717) is 5.69 Å². The smallest absolute Gasteiger partial charge is 0.303 e. The highest BCUT2D eigenvalue weighted by molar-refractivity contribution is 8.00. The fourth-order valence-corrected chi connectivity index (χ4v) is 6.35. The van der Waals surface area contributed by atoms with Gasteiger partial charge in [0.05, 0.1) is 30.7 Å². The predicted molar refractivity (Wildman–Crippen MR) is 142 cm³/mol. The number of nitrogens with zero attached hydrogens (tertiary/aromatic N) is 3. The number of nitrogens with two attached hydrogens (primary N) is 1. The summed E-state index contributed by atoms with van der Waals surface area (Å²) in [6, 6.07) is 8.33. The van der Waals surface area contributed by atoms with Crippen molar-refractivity contribution in [1.82, 2.24) is 15.0 Å². The predicted octanol–water partition coefficient (Wildman–Crippen LogP) is 1.11. The molecule has 218 valence electrons. The Morgan fingerprint density at radius 2 is 1.73 bits per heavy atom. The molecule has 13 nitrogen and oxygen atoms in total. The standard InChI is InChI=1S/C26H34N4O9S/c1-14(31)36-12-20-24(38-16(3)33)22(27)25(34-4)26(39-20)40-21-13-35-11-19(23(21)37-15(2)32)30-10-18(28-29-30)17-8-6-5-7-9-17/h5-10,19-26H,11-13,27H2,1-4H3/t19-,20?,21+,22?,23+,24?,25?,26?/m0/s1. The average Bonchev–Trinajstić information content (AvgIpc) is 3.40. The number of benzene rings is 1. The van der Waals surface area contributed by atoms with Crippen molar-refractivity contribution in [2.45, 2.75) is 68.0 Å². The molecule has 1 aromatic heterocycles. The van der Waals surface area contributed by atoms with Crippen LogP contribution in [0.15, 0.2) is 36.5 Å². The van der Waals surface area contributed by atoms with Gasteiger partial charge in [-0.3, -0.25) is 14.4 Å². The molecule has 14 heteroatoms. The normalized spacial score (nSPS) is 30.3. The van der Waals surface area contributed by atoms with Crippen molar-refractivity contribution in [2.75, 3.05) is 26.9 Å². The van der Waals surface area contributed by atoms with Crippen molar-refractivity contribution < 1.29 is 42.8 Å². The van der Waals surface area contributed by atoms with E-state index in [2.05, 4.69) is 10.3 Å². The number of aromatic nitrogens is 3. The van der Waals surface area contributed by atoms with Gasteiger partial charge in [0, 0.05) is 33.4 Å². The third-order valence-corrected chi connectivity index (χ3v) is 7.98. The van der Waals surface area contributed by atoms with E-state index >= 15 is 0 Å². The van der Waals surface area contributed by atoms with Crippen molar-refractivity contribution in [3.05, 3.63) is 36.5 Å². The van der Waals surface area contributed by atoms with E-state index in [9.17, 15) is 14.4 Å². The zero-order valence-electron chi connectivity index (χ0n) is 22.7. The van der Waals surface area contributed by atoms with Crippen molar-refractivity contribution in [1.29, 1.82) is 0 Å². The van der Waals surface area contributed by atoms with Crippen LogP contribution in [0.2, 0.25) is 0 Å². The zero-order chi connectivity index (χ0) is 28.8. The molecule has 0 radical (unpaired) electrons. The second-order valence-corrected chi connectivity index (χ2v) is 10.8. The number of thioether (sulfide) groups is 1. The number of hydrogen-bond acceptors (Lipinski definition) is 13. The highest BCUT2D eigenvalue weighted by atomic mass is 32.2. The van der Waals surface area contributed by atoms with E-state index in [4.69, 9.17) is 34.2 Å². The SMILES string of the molecule is COC1C(S[C@@H]2COC[C@H](n3cc(-c4ccccc4)nn3)[C@H]2OC(C)=O)OC(COC(C)=O)C(OC(C)=O)C1N. The lowest BCUT2D eigenvalue weighted by Gasteiger charge is -2.45. The molecule has 40 heavy (non-hydrogen) atoms. The van der Waals surface area contributed by atoms with Crippen molar-refractivity contribution in [3.63, 3.8) is 0 Å². The molecule has 0 spiro atoms. The first kappa shape index (κ1) is 29.9. The molecule has 2 saturated heterocycles. The molecule has 3 heterocycles. The molecule has 4 rings (SSSR count). The van der Waals surface area contributed by atoms with Crippen molar-refractivity contribution >= 4 is 29.7 Å². The molecule has 2 N–H and O–H groups in total. The van der Waals surface area contributed by atoms with Crippen LogP contribution in [0.5, 0.6) is 0 Å². The van der Waals surface area contributed by atoms with Gasteiger partial charge < -0.3 is 34.2 Å². The number of carbonyl (C=O) groups is 3. The minimum atomic E-state index is -0.912. The van der Waals surface area contributed by atoms with Crippen molar-refractivity contribution in [2.24, 2.45) is 5.73 Å². The summed E-state index contributed by atoms with van der Waals surface area (Å²) in [5.74, 6) is -1.53. The molecule has 2 aliphatic heterocycles. The van der Waals surface area contributed by atoms with Crippen LogP contribution in [0.4, 0.5) is 0 Å². The van der Waals surface area contributed by atoms with Crippen LogP contribution in [0.25, 0.3) is 11.3 Å². The van der Waals surface area contributed by atoms with Gasteiger partial charge in [0.15, 0.2) is 0 Å². The lowest BCUT2D eigenvalue weighted by molar-refractivity contribution is -0.196. The minimum absolute atomic E-state index is 0.174.